The first-order chi connectivity index (χ1) is 6.48. The molecule has 0 bridgehead atoms. The molecule has 0 amide bonds. The van der Waals surface area contributed by atoms with Crippen LogP contribution in [-0.4, -0.2) is 5.78 Å². The lowest BCUT2D eigenvalue weighted by molar-refractivity contribution is -0.123. The first-order valence-corrected chi connectivity index (χ1v) is 5.34. The SMILES string of the molecule is CC(=O)C(C)(C#N)Cc1ccc(Cl)s1. The Morgan fingerprint density at radius 1 is 1.71 bits per heavy atom. The Hall–Kier alpha value is -0.850. The van der Waals surface area contributed by atoms with E-state index in [-0.39, 0.29) is 5.78 Å². The molecule has 0 aliphatic rings. The van der Waals surface area contributed by atoms with Crippen molar-refractivity contribution in [1.82, 2.24) is 0 Å². The Bertz CT molecular complexity index is 393. The highest BCUT2D eigenvalue weighted by Gasteiger charge is 2.30. The third kappa shape index (κ3) is 2.34. The molecule has 0 fully saturated rings. The first kappa shape index (κ1) is 11.2. The third-order valence-corrected chi connectivity index (χ3v) is 3.41. The molecule has 1 heterocycles. The van der Waals surface area contributed by atoms with E-state index < -0.39 is 5.41 Å². The molecule has 4 heteroatoms. The number of hydrogen-bond acceptors (Lipinski definition) is 3. The maximum Gasteiger partial charge on any atom is 0.150 e. The number of carbonyl (C=O) groups excluding carboxylic acids is 1. The van der Waals surface area contributed by atoms with Gasteiger partial charge in [0.05, 0.1) is 10.4 Å². The molecule has 1 rings (SSSR count). The number of nitrogens with zero attached hydrogens (tertiary/aromatic N) is 1. The van der Waals surface area contributed by atoms with Gasteiger partial charge < -0.3 is 0 Å². The van der Waals surface area contributed by atoms with E-state index >= 15 is 0 Å². The van der Waals surface area contributed by atoms with E-state index in [4.69, 9.17) is 16.9 Å². The molecular formula is C10H10ClNOS. The molecule has 0 radical (unpaired) electrons. The van der Waals surface area contributed by atoms with Gasteiger partial charge in [-0.3, -0.25) is 4.79 Å². The van der Waals surface area contributed by atoms with Crippen molar-refractivity contribution >= 4 is 28.7 Å². The third-order valence-electron chi connectivity index (χ3n) is 2.18. The molecule has 1 aromatic heterocycles. The lowest BCUT2D eigenvalue weighted by Crippen LogP contribution is -2.25. The minimum atomic E-state index is -0.922. The zero-order valence-corrected chi connectivity index (χ0v) is 9.58. The monoisotopic (exact) mass is 227 g/mol. The second-order valence-electron chi connectivity index (χ2n) is 3.38. The van der Waals surface area contributed by atoms with E-state index in [2.05, 4.69) is 0 Å². The molecule has 0 N–H and O–H groups in total. The highest BCUT2D eigenvalue weighted by atomic mass is 35.5. The van der Waals surface area contributed by atoms with E-state index in [9.17, 15) is 4.79 Å². The summed E-state index contributed by atoms with van der Waals surface area (Å²) in [6.45, 7) is 3.10. The minimum absolute atomic E-state index is 0.107. The molecule has 0 spiro atoms. The van der Waals surface area contributed by atoms with Crippen LogP contribution in [0.15, 0.2) is 12.1 Å². The molecular weight excluding hydrogens is 218 g/mol. The van der Waals surface area contributed by atoms with Crippen LogP contribution in [0, 0.1) is 16.7 Å². The summed E-state index contributed by atoms with van der Waals surface area (Å²) in [5.74, 6) is -0.107. The average Bonchev–Trinajstić information content (AvgIpc) is 2.50. The van der Waals surface area contributed by atoms with Crippen molar-refractivity contribution in [3.8, 4) is 6.07 Å². The second-order valence-corrected chi connectivity index (χ2v) is 5.18. The highest BCUT2D eigenvalue weighted by Crippen LogP contribution is 2.29. The second kappa shape index (κ2) is 4.12. The zero-order chi connectivity index (χ0) is 10.8. The number of Topliss-reactive ketones (excluding diaryl/α,β-unsaturated/α-hetero) is 1. The predicted octanol–water partition coefficient (Wildman–Crippen LogP) is 3.06. The van der Waals surface area contributed by atoms with E-state index in [0.29, 0.717) is 10.8 Å². The van der Waals surface area contributed by atoms with Gasteiger partial charge in [0.2, 0.25) is 0 Å². The van der Waals surface area contributed by atoms with E-state index in [1.54, 1.807) is 13.0 Å². The molecule has 0 aromatic carbocycles. The van der Waals surface area contributed by atoms with E-state index in [1.807, 2.05) is 12.1 Å². The van der Waals surface area contributed by atoms with Crippen molar-refractivity contribution in [2.45, 2.75) is 20.3 Å². The maximum absolute atomic E-state index is 11.3. The van der Waals surface area contributed by atoms with Gasteiger partial charge in [-0.15, -0.1) is 11.3 Å². The molecule has 0 saturated carbocycles. The summed E-state index contributed by atoms with van der Waals surface area (Å²) < 4.78 is 0.684. The summed E-state index contributed by atoms with van der Waals surface area (Å²) in [7, 11) is 0. The zero-order valence-electron chi connectivity index (χ0n) is 8.00. The Kier molecular flexibility index (Phi) is 3.30. The number of thiophene rings is 1. The summed E-state index contributed by atoms with van der Waals surface area (Å²) in [5, 5.41) is 8.92. The largest absolute Gasteiger partial charge is 0.298 e. The fourth-order valence-electron chi connectivity index (χ4n) is 1.04. The summed E-state index contributed by atoms with van der Waals surface area (Å²) >= 11 is 7.17. The number of rotatable bonds is 3. The average molecular weight is 228 g/mol. The van der Waals surface area contributed by atoms with Gasteiger partial charge in [0.25, 0.3) is 0 Å². The normalized spacial score (nSPS) is 14.4. The molecule has 1 aromatic rings. The Morgan fingerprint density at radius 2 is 2.36 bits per heavy atom. The van der Waals surface area contributed by atoms with Crippen molar-refractivity contribution in [3.63, 3.8) is 0 Å². The van der Waals surface area contributed by atoms with Crippen LogP contribution in [-0.2, 0) is 11.2 Å². The van der Waals surface area contributed by atoms with Crippen LogP contribution in [0.2, 0.25) is 4.34 Å². The van der Waals surface area contributed by atoms with Crippen molar-refractivity contribution in [1.29, 1.82) is 5.26 Å². The van der Waals surface area contributed by atoms with Crippen molar-refractivity contribution in [3.05, 3.63) is 21.3 Å². The lowest BCUT2D eigenvalue weighted by atomic mass is 9.84. The van der Waals surface area contributed by atoms with Crippen LogP contribution >= 0.6 is 22.9 Å². The van der Waals surface area contributed by atoms with E-state index in [1.165, 1.54) is 18.3 Å². The van der Waals surface area contributed by atoms with Crippen molar-refractivity contribution in [2.24, 2.45) is 5.41 Å². The highest BCUT2D eigenvalue weighted by molar-refractivity contribution is 7.16. The van der Waals surface area contributed by atoms with Gasteiger partial charge in [0, 0.05) is 11.3 Å². The molecule has 74 valence electrons. The van der Waals surface area contributed by atoms with Crippen LogP contribution in [0.25, 0.3) is 0 Å². The summed E-state index contributed by atoms with van der Waals surface area (Å²) in [5.41, 5.74) is -0.922. The van der Waals surface area contributed by atoms with Crippen LogP contribution in [0.5, 0.6) is 0 Å². The van der Waals surface area contributed by atoms with Crippen LogP contribution < -0.4 is 0 Å². The van der Waals surface area contributed by atoms with Gasteiger partial charge in [0.15, 0.2) is 0 Å². The quantitative estimate of drug-likeness (QED) is 0.796. The summed E-state index contributed by atoms with van der Waals surface area (Å²) in [6, 6.07) is 5.68. The van der Waals surface area contributed by atoms with Crippen LogP contribution in [0.4, 0.5) is 0 Å². The molecule has 1 unspecified atom stereocenters. The van der Waals surface area contributed by atoms with Gasteiger partial charge in [-0.25, -0.2) is 0 Å². The van der Waals surface area contributed by atoms with Crippen LogP contribution in [0.3, 0.4) is 0 Å². The molecule has 2 nitrogen and oxygen atoms in total. The number of halogens is 1. The first-order valence-electron chi connectivity index (χ1n) is 4.14. The van der Waals surface area contributed by atoms with Crippen LogP contribution in [0.1, 0.15) is 18.7 Å². The van der Waals surface area contributed by atoms with Gasteiger partial charge in [-0.05, 0) is 26.0 Å². The van der Waals surface area contributed by atoms with Gasteiger partial charge in [-0.2, -0.15) is 5.26 Å². The molecule has 0 saturated heterocycles. The number of nitriles is 1. The Morgan fingerprint density at radius 3 is 2.71 bits per heavy atom. The molecule has 0 aliphatic carbocycles. The standard InChI is InChI=1S/C10H10ClNOS/c1-7(13)10(2,6-12)5-8-3-4-9(11)14-8/h3-4H,5H2,1-2H3. The Labute approximate surface area is 92.1 Å². The smallest absolute Gasteiger partial charge is 0.150 e. The minimum Gasteiger partial charge on any atom is -0.298 e. The fraction of sp³-hybridized carbons (Fsp3) is 0.400. The summed E-state index contributed by atoms with van der Waals surface area (Å²) in [6.07, 6.45) is 0.441. The molecule has 0 aliphatic heterocycles. The predicted molar refractivity (Wildman–Crippen MR) is 57.4 cm³/mol. The maximum atomic E-state index is 11.3. The summed E-state index contributed by atoms with van der Waals surface area (Å²) in [4.78, 5) is 12.2. The fourth-order valence-corrected chi connectivity index (χ4v) is 2.28. The topological polar surface area (TPSA) is 40.9 Å². The van der Waals surface area contributed by atoms with Gasteiger partial charge in [0.1, 0.15) is 11.2 Å². The molecule has 14 heavy (non-hydrogen) atoms. The van der Waals surface area contributed by atoms with Gasteiger partial charge >= 0.3 is 0 Å². The number of carbonyl (C=O) groups is 1. The molecule has 1 atom stereocenters. The Balaban J connectivity index is 2.87. The lowest BCUT2D eigenvalue weighted by Gasteiger charge is -2.16. The van der Waals surface area contributed by atoms with Crippen molar-refractivity contribution < 1.29 is 4.79 Å². The van der Waals surface area contributed by atoms with E-state index in [0.717, 1.165) is 4.88 Å². The number of ketones is 1. The van der Waals surface area contributed by atoms with Crippen molar-refractivity contribution in [2.75, 3.05) is 0 Å². The van der Waals surface area contributed by atoms with Gasteiger partial charge in [-0.1, -0.05) is 11.6 Å². The number of hydrogen-bond donors (Lipinski definition) is 0.